The van der Waals surface area contributed by atoms with E-state index in [0.717, 1.165) is 23.5 Å². The van der Waals surface area contributed by atoms with E-state index in [-0.39, 0.29) is 0 Å². The molecule has 0 heterocycles. The van der Waals surface area contributed by atoms with Gasteiger partial charge in [0.2, 0.25) is 0 Å². The van der Waals surface area contributed by atoms with Gasteiger partial charge in [-0.25, -0.2) is 0 Å². The first kappa shape index (κ1) is 22.0. The molecule has 1 nitrogen and oxygen atoms in total. The van der Waals surface area contributed by atoms with Crippen LogP contribution >= 0.6 is 0 Å². The molecule has 3 rings (SSSR count). The summed E-state index contributed by atoms with van der Waals surface area (Å²) in [7, 11) is 1.80. The predicted octanol–water partition coefficient (Wildman–Crippen LogP) is 6.92. The molecule has 1 fully saturated rings. The van der Waals surface area contributed by atoms with Gasteiger partial charge in [0.25, 0.3) is 0 Å². The third-order valence-corrected chi connectivity index (χ3v) is 5.02. The van der Waals surface area contributed by atoms with Crippen molar-refractivity contribution in [3.63, 3.8) is 0 Å². The van der Waals surface area contributed by atoms with Crippen molar-refractivity contribution in [1.29, 1.82) is 0 Å². The number of hydrogen-bond acceptors (Lipinski definition) is 1. The zero-order valence-corrected chi connectivity index (χ0v) is 16.9. The van der Waals surface area contributed by atoms with Gasteiger partial charge in [0.05, 0.1) is 7.11 Å². The average molecular weight is 321 g/mol. The van der Waals surface area contributed by atoms with Crippen LogP contribution < -0.4 is 4.74 Å². The van der Waals surface area contributed by atoms with Gasteiger partial charge in [0, 0.05) is 0 Å². The SMILES string of the molecule is CC.CC.CC.CCC1CCC2Cc3c(cccc3OC)CC12. The average Bonchev–Trinajstić information content (AvgIpc) is 3.06. The van der Waals surface area contributed by atoms with Crippen molar-refractivity contribution in [3.05, 3.63) is 29.3 Å². The van der Waals surface area contributed by atoms with E-state index in [1.165, 1.54) is 37.7 Å². The van der Waals surface area contributed by atoms with Gasteiger partial charge in [-0.2, -0.15) is 0 Å². The minimum Gasteiger partial charge on any atom is -0.496 e. The van der Waals surface area contributed by atoms with Crippen LogP contribution in [0.3, 0.4) is 0 Å². The van der Waals surface area contributed by atoms with E-state index < -0.39 is 0 Å². The number of methoxy groups -OCH3 is 1. The fourth-order valence-corrected chi connectivity index (χ4v) is 4.08. The number of hydrogen-bond donors (Lipinski definition) is 0. The normalized spacial score (nSPS) is 23.6. The Bertz CT molecular complexity index is 410. The molecule has 1 aromatic carbocycles. The molecule has 3 atom stereocenters. The molecule has 3 unspecified atom stereocenters. The lowest BCUT2D eigenvalue weighted by Gasteiger charge is -2.31. The summed E-state index contributed by atoms with van der Waals surface area (Å²) in [6.07, 6.45) is 6.78. The third-order valence-electron chi connectivity index (χ3n) is 5.02. The fourth-order valence-electron chi connectivity index (χ4n) is 4.08. The molecule has 2 aliphatic carbocycles. The number of rotatable bonds is 2. The number of benzene rings is 1. The minimum atomic E-state index is 0.920. The Morgan fingerprint density at radius 2 is 1.61 bits per heavy atom. The lowest BCUT2D eigenvalue weighted by atomic mass is 9.74. The summed E-state index contributed by atoms with van der Waals surface area (Å²) in [5, 5.41) is 0. The first-order valence-corrected chi connectivity index (χ1v) is 9.98. The first-order valence-electron chi connectivity index (χ1n) is 9.98. The van der Waals surface area contributed by atoms with Gasteiger partial charge >= 0.3 is 0 Å². The quantitative estimate of drug-likeness (QED) is 0.574. The number of fused-ring (bicyclic) bond motifs is 2. The molecule has 1 heteroatoms. The molecule has 0 saturated heterocycles. The summed E-state index contributed by atoms with van der Waals surface area (Å²) in [4.78, 5) is 0. The second-order valence-corrected chi connectivity index (χ2v) is 5.68. The van der Waals surface area contributed by atoms with E-state index in [2.05, 4.69) is 25.1 Å². The highest BCUT2D eigenvalue weighted by molar-refractivity contribution is 5.42. The summed E-state index contributed by atoms with van der Waals surface area (Å²) in [6, 6.07) is 6.57. The molecular formula is C22H40O. The van der Waals surface area contributed by atoms with Crippen molar-refractivity contribution < 1.29 is 4.74 Å². The predicted molar refractivity (Wildman–Crippen MR) is 104 cm³/mol. The Labute approximate surface area is 145 Å². The van der Waals surface area contributed by atoms with Crippen molar-refractivity contribution in [1.82, 2.24) is 0 Å². The highest BCUT2D eigenvalue weighted by Crippen LogP contribution is 2.47. The molecular weight excluding hydrogens is 280 g/mol. The third kappa shape index (κ3) is 5.26. The van der Waals surface area contributed by atoms with Gasteiger partial charge in [-0.15, -0.1) is 0 Å². The van der Waals surface area contributed by atoms with Crippen LogP contribution in [0.25, 0.3) is 0 Å². The van der Waals surface area contributed by atoms with Crippen LogP contribution in [0.4, 0.5) is 0 Å². The van der Waals surface area contributed by atoms with Gasteiger partial charge in [0.1, 0.15) is 5.75 Å². The summed E-state index contributed by atoms with van der Waals surface area (Å²) in [5.41, 5.74) is 3.04. The van der Waals surface area contributed by atoms with Crippen molar-refractivity contribution in [2.45, 2.75) is 80.6 Å². The minimum absolute atomic E-state index is 0.920. The smallest absolute Gasteiger partial charge is 0.122 e. The van der Waals surface area contributed by atoms with E-state index in [9.17, 15) is 0 Å². The highest BCUT2D eigenvalue weighted by Gasteiger charge is 2.38. The number of ether oxygens (including phenoxy) is 1. The molecule has 0 aliphatic heterocycles. The molecule has 1 aromatic rings. The van der Waals surface area contributed by atoms with Crippen molar-refractivity contribution in [2.24, 2.45) is 17.8 Å². The summed E-state index contributed by atoms with van der Waals surface area (Å²) in [6.45, 7) is 14.4. The van der Waals surface area contributed by atoms with Crippen molar-refractivity contribution in [3.8, 4) is 5.75 Å². The fraction of sp³-hybridized carbons (Fsp3) is 0.727. The van der Waals surface area contributed by atoms with E-state index >= 15 is 0 Å². The molecule has 0 bridgehead atoms. The van der Waals surface area contributed by atoms with Crippen LogP contribution in [0.2, 0.25) is 0 Å². The Balaban J connectivity index is 0.000000728. The van der Waals surface area contributed by atoms with Crippen LogP contribution in [-0.4, -0.2) is 7.11 Å². The van der Waals surface area contributed by atoms with E-state index in [1.807, 2.05) is 41.5 Å². The zero-order valence-electron chi connectivity index (χ0n) is 16.9. The van der Waals surface area contributed by atoms with Gasteiger partial charge in [-0.1, -0.05) is 67.0 Å². The summed E-state index contributed by atoms with van der Waals surface area (Å²) < 4.78 is 5.51. The molecule has 23 heavy (non-hydrogen) atoms. The first-order chi connectivity index (χ1) is 11.3. The Morgan fingerprint density at radius 3 is 2.17 bits per heavy atom. The monoisotopic (exact) mass is 320 g/mol. The van der Waals surface area contributed by atoms with Crippen LogP contribution in [0.1, 0.15) is 78.9 Å². The maximum atomic E-state index is 5.51. The lowest BCUT2D eigenvalue weighted by molar-refractivity contribution is 0.280. The Morgan fingerprint density at radius 1 is 0.957 bits per heavy atom. The lowest BCUT2D eigenvalue weighted by Crippen LogP contribution is -2.25. The molecule has 0 aromatic heterocycles. The molecule has 0 spiro atoms. The summed E-state index contributed by atoms with van der Waals surface area (Å²) in [5.74, 6) is 3.95. The topological polar surface area (TPSA) is 9.23 Å². The van der Waals surface area contributed by atoms with E-state index in [1.54, 1.807) is 12.7 Å². The van der Waals surface area contributed by atoms with E-state index in [0.29, 0.717) is 0 Å². The van der Waals surface area contributed by atoms with E-state index in [4.69, 9.17) is 4.74 Å². The Kier molecular flexibility index (Phi) is 11.9. The second-order valence-electron chi connectivity index (χ2n) is 5.68. The zero-order chi connectivity index (χ0) is 17.8. The Hall–Kier alpha value is -0.980. The van der Waals surface area contributed by atoms with Crippen LogP contribution in [-0.2, 0) is 12.8 Å². The maximum Gasteiger partial charge on any atom is 0.122 e. The highest BCUT2D eigenvalue weighted by atomic mass is 16.5. The summed E-state index contributed by atoms with van der Waals surface area (Å²) >= 11 is 0. The molecule has 0 radical (unpaired) electrons. The van der Waals surface area contributed by atoms with Gasteiger partial charge in [-0.3, -0.25) is 0 Å². The van der Waals surface area contributed by atoms with Gasteiger partial charge < -0.3 is 4.74 Å². The molecule has 0 N–H and O–H groups in total. The maximum absolute atomic E-state index is 5.51. The largest absolute Gasteiger partial charge is 0.496 e. The molecule has 0 amide bonds. The van der Waals surface area contributed by atoms with Crippen LogP contribution in [0.15, 0.2) is 18.2 Å². The van der Waals surface area contributed by atoms with Gasteiger partial charge in [-0.05, 0) is 60.6 Å². The molecule has 134 valence electrons. The molecule has 1 saturated carbocycles. The van der Waals surface area contributed by atoms with Crippen LogP contribution in [0.5, 0.6) is 5.75 Å². The second kappa shape index (κ2) is 12.4. The molecule has 2 aliphatic rings. The van der Waals surface area contributed by atoms with Gasteiger partial charge in [0.15, 0.2) is 0 Å². The van der Waals surface area contributed by atoms with Crippen molar-refractivity contribution >= 4 is 0 Å². The van der Waals surface area contributed by atoms with Crippen LogP contribution in [0, 0.1) is 17.8 Å². The van der Waals surface area contributed by atoms with Crippen molar-refractivity contribution in [2.75, 3.05) is 7.11 Å². The standard InChI is InChI=1S/C16H22O.3C2H6/c1-3-11-7-8-13-10-15-12(9-14(11)13)5-4-6-16(15)17-2;3*1-2/h4-6,11,13-14H,3,7-10H2,1-2H3;3*1-2H3.